The van der Waals surface area contributed by atoms with Gasteiger partial charge in [0.15, 0.2) is 0 Å². The number of aryl methyl sites for hydroxylation is 1. The van der Waals surface area contributed by atoms with Gasteiger partial charge in [-0.1, -0.05) is 26.2 Å². The average Bonchev–Trinajstić information content (AvgIpc) is 2.52. The van der Waals surface area contributed by atoms with Crippen LogP contribution in [-0.4, -0.2) is 16.9 Å². The largest absolute Gasteiger partial charge is 0.478 e. The van der Waals surface area contributed by atoms with Crippen molar-refractivity contribution >= 4 is 11.5 Å². The number of aromatic nitrogens is 2. The maximum atomic E-state index is 5.79. The molecule has 1 aromatic heterocycles. The van der Waals surface area contributed by atoms with Crippen LogP contribution in [-0.2, 0) is 6.54 Å². The number of nitrogens with two attached hydrogens (primary N) is 2. The van der Waals surface area contributed by atoms with Crippen LogP contribution >= 0.6 is 0 Å². The highest BCUT2D eigenvalue weighted by Gasteiger charge is 2.11. The first kappa shape index (κ1) is 11.7. The Balaban J connectivity index is 2.53. The zero-order valence-corrected chi connectivity index (χ0v) is 9.49. The van der Waals surface area contributed by atoms with Gasteiger partial charge < -0.3 is 16.2 Å². The van der Waals surface area contributed by atoms with E-state index < -0.39 is 0 Å². The summed E-state index contributed by atoms with van der Waals surface area (Å²) in [5.74, 6) is 0.923. The van der Waals surface area contributed by atoms with Crippen molar-refractivity contribution in [1.29, 1.82) is 0 Å². The Morgan fingerprint density at radius 1 is 1.27 bits per heavy atom. The highest BCUT2D eigenvalue weighted by molar-refractivity contribution is 5.65. The lowest BCUT2D eigenvalue weighted by Gasteiger charge is -2.02. The molecular formula is C10H20N4O. The molecule has 0 aliphatic carbocycles. The van der Waals surface area contributed by atoms with Gasteiger partial charge in [0, 0.05) is 6.54 Å². The van der Waals surface area contributed by atoms with Crippen molar-refractivity contribution in [1.82, 2.24) is 9.78 Å². The Hall–Kier alpha value is -1.39. The van der Waals surface area contributed by atoms with E-state index >= 15 is 0 Å². The zero-order valence-electron chi connectivity index (χ0n) is 9.49. The van der Waals surface area contributed by atoms with E-state index in [1.807, 2.05) is 0 Å². The van der Waals surface area contributed by atoms with E-state index in [4.69, 9.17) is 16.2 Å². The molecule has 0 aliphatic heterocycles. The SMILES string of the molecule is CCCCCCn1nc(OC)c(N)c1N. The minimum atomic E-state index is 0.419. The smallest absolute Gasteiger partial charge is 0.258 e. The van der Waals surface area contributed by atoms with Gasteiger partial charge in [-0.25, -0.2) is 4.68 Å². The Bertz CT molecular complexity index is 309. The molecule has 15 heavy (non-hydrogen) atoms. The molecule has 0 atom stereocenters. The average molecular weight is 212 g/mol. The molecular weight excluding hydrogens is 192 g/mol. The van der Waals surface area contributed by atoms with Crippen LogP contribution in [0.5, 0.6) is 5.88 Å². The van der Waals surface area contributed by atoms with Crippen molar-refractivity contribution in [2.45, 2.75) is 39.2 Å². The lowest BCUT2D eigenvalue weighted by molar-refractivity contribution is 0.388. The number of unbranched alkanes of at least 4 members (excludes halogenated alkanes) is 3. The molecule has 0 fully saturated rings. The number of nitrogen functional groups attached to an aromatic ring is 2. The van der Waals surface area contributed by atoms with Gasteiger partial charge in [-0.15, -0.1) is 5.10 Å². The normalized spacial score (nSPS) is 10.5. The molecule has 0 aliphatic rings. The molecule has 5 nitrogen and oxygen atoms in total. The third kappa shape index (κ3) is 2.78. The summed E-state index contributed by atoms with van der Waals surface area (Å²) in [6.45, 7) is 2.99. The first-order valence-corrected chi connectivity index (χ1v) is 5.36. The van der Waals surface area contributed by atoms with Crippen LogP contribution in [0.1, 0.15) is 32.6 Å². The van der Waals surface area contributed by atoms with Gasteiger partial charge in [-0.05, 0) is 6.42 Å². The highest BCUT2D eigenvalue weighted by atomic mass is 16.5. The number of anilines is 2. The number of hydrogen-bond acceptors (Lipinski definition) is 4. The minimum absolute atomic E-state index is 0.419. The molecule has 0 amide bonds. The van der Waals surface area contributed by atoms with Gasteiger partial charge in [0.25, 0.3) is 5.88 Å². The second-order valence-corrected chi connectivity index (χ2v) is 3.59. The van der Waals surface area contributed by atoms with Gasteiger partial charge in [0.2, 0.25) is 0 Å². The van der Waals surface area contributed by atoms with E-state index in [1.165, 1.54) is 19.3 Å². The molecule has 0 saturated heterocycles. The lowest BCUT2D eigenvalue weighted by Crippen LogP contribution is -2.05. The van der Waals surface area contributed by atoms with Crippen LogP contribution in [0.15, 0.2) is 0 Å². The number of hydrogen-bond donors (Lipinski definition) is 2. The predicted octanol–water partition coefficient (Wildman–Crippen LogP) is 1.64. The van der Waals surface area contributed by atoms with Crippen LogP contribution in [0.2, 0.25) is 0 Å². The fourth-order valence-corrected chi connectivity index (χ4v) is 1.48. The molecule has 0 spiro atoms. The maximum absolute atomic E-state index is 5.79. The first-order valence-electron chi connectivity index (χ1n) is 5.36. The summed E-state index contributed by atoms with van der Waals surface area (Å²) in [6.07, 6.45) is 4.73. The lowest BCUT2D eigenvalue weighted by atomic mass is 10.2. The van der Waals surface area contributed by atoms with Crippen molar-refractivity contribution in [2.24, 2.45) is 0 Å². The fraction of sp³-hybridized carbons (Fsp3) is 0.700. The van der Waals surface area contributed by atoms with E-state index in [9.17, 15) is 0 Å². The van der Waals surface area contributed by atoms with Crippen LogP contribution in [0.4, 0.5) is 11.5 Å². The zero-order chi connectivity index (χ0) is 11.3. The second kappa shape index (κ2) is 5.48. The van der Waals surface area contributed by atoms with Gasteiger partial charge in [-0.3, -0.25) is 0 Å². The Kier molecular flexibility index (Phi) is 4.27. The third-order valence-corrected chi connectivity index (χ3v) is 2.41. The standard InChI is InChI=1S/C10H20N4O/c1-3-4-5-6-7-14-9(12)8(11)10(13-14)15-2/h3-7,11-12H2,1-2H3. The maximum Gasteiger partial charge on any atom is 0.258 e. The Morgan fingerprint density at radius 3 is 2.53 bits per heavy atom. The first-order chi connectivity index (χ1) is 7.20. The quantitative estimate of drug-likeness (QED) is 0.702. The Labute approximate surface area is 90.4 Å². The van der Waals surface area contributed by atoms with Crippen LogP contribution < -0.4 is 16.2 Å². The number of ether oxygens (including phenoxy) is 1. The number of rotatable bonds is 6. The summed E-state index contributed by atoms with van der Waals surface area (Å²) >= 11 is 0. The van der Waals surface area contributed by atoms with Crippen molar-refractivity contribution in [2.75, 3.05) is 18.6 Å². The summed E-state index contributed by atoms with van der Waals surface area (Å²) in [5, 5.41) is 4.17. The van der Waals surface area contributed by atoms with E-state index in [0.29, 0.717) is 17.4 Å². The second-order valence-electron chi connectivity index (χ2n) is 3.59. The van der Waals surface area contributed by atoms with Gasteiger partial charge >= 0.3 is 0 Å². The number of methoxy groups -OCH3 is 1. The molecule has 5 heteroatoms. The predicted molar refractivity (Wildman–Crippen MR) is 61.7 cm³/mol. The van der Waals surface area contributed by atoms with E-state index in [1.54, 1.807) is 11.8 Å². The Morgan fingerprint density at radius 2 is 2.00 bits per heavy atom. The molecule has 0 aromatic carbocycles. The van der Waals surface area contributed by atoms with Crippen molar-refractivity contribution in [3.8, 4) is 5.88 Å². The van der Waals surface area contributed by atoms with E-state index in [0.717, 1.165) is 13.0 Å². The van der Waals surface area contributed by atoms with Crippen molar-refractivity contribution in [3.63, 3.8) is 0 Å². The minimum Gasteiger partial charge on any atom is -0.478 e. The van der Waals surface area contributed by atoms with Gasteiger partial charge in [0.1, 0.15) is 11.5 Å². The summed E-state index contributed by atoms with van der Waals surface area (Å²) < 4.78 is 6.71. The van der Waals surface area contributed by atoms with Crippen LogP contribution in [0.25, 0.3) is 0 Å². The van der Waals surface area contributed by atoms with Gasteiger partial charge in [0.05, 0.1) is 7.11 Å². The molecule has 0 bridgehead atoms. The van der Waals surface area contributed by atoms with Crippen molar-refractivity contribution in [3.05, 3.63) is 0 Å². The highest BCUT2D eigenvalue weighted by Crippen LogP contribution is 2.26. The molecule has 0 unspecified atom stereocenters. The van der Waals surface area contributed by atoms with Crippen LogP contribution in [0.3, 0.4) is 0 Å². The fourth-order valence-electron chi connectivity index (χ4n) is 1.48. The third-order valence-electron chi connectivity index (χ3n) is 2.41. The summed E-state index contributed by atoms with van der Waals surface area (Å²) in [6, 6.07) is 0. The molecule has 1 aromatic rings. The molecule has 0 radical (unpaired) electrons. The van der Waals surface area contributed by atoms with E-state index in [-0.39, 0.29) is 0 Å². The summed E-state index contributed by atoms with van der Waals surface area (Å²) in [5.41, 5.74) is 11.9. The van der Waals surface area contributed by atoms with Crippen LogP contribution in [0, 0.1) is 0 Å². The molecule has 1 rings (SSSR count). The molecule has 4 N–H and O–H groups in total. The van der Waals surface area contributed by atoms with Gasteiger partial charge in [-0.2, -0.15) is 0 Å². The summed E-state index contributed by atoms with van der Waals surface area (Å²) in [4.78, 5) is 0. The topological polar surface area (TPSA) is 79.1 Å². The monoisotopic (exact) mass is 212 g/mol. The summed E-state index contributed by atoms with van der Waals surface area (Å²) in [7, 11) is 1.54. The number of nitrogens with zero attached hydrogens (tertiary/aromatic N) is 2. The molecule has 0 saturated carbocycles. The van der Waals surface area contributed by atoms with E-state index in [2.05, 4.69) is 12.0 Å². The van der Waals surface area contributed by atoms with Crippen molar-refractivity contribution < 1.29 is 4.74 Å². The molecule has 1 heterocycles. The molecule has 86 valence electrons.